The summed E-state index contributed by atoms with van der Waals surface area (Å²) in [6.45, 7) is 2.01. The zero-order chi connectivity index (χ0) is 13.4. The van der Waals surface area contributed by atoms with Crippen LogP contribution in [0, 0.1) is 12.1 Å². The Hall–Kier alpha value is -2.37. The van der Waals surface area contributed by atoms with E-state index >= 15 is 0 Å². The van der Waals surface area contributed by atoms with Crippen molar-refractivity contribution < 1.29 is 5.21 Å². The number of nitrogens with zero attached hydrogens (tertiary/aromatic N) is 3. The smallest absolute Gasteiger partial charge is 0.137 e. The molecule has 0 aliphatic carbocycles. The number of anilines is 1. The van der Waals surface area contributed by atoms with Gasteiger partial charge >= 0.3 is 0 Å². The second kappa shape index (κ2) is 4.38. The first-order valence-corrected chi connectivity index (χ1v) is 5.85. The van der Waals surface area contributed by atoms with Gasteiger partial charge in [0, 0.05) is 18.0 Å². The molecule has 5 heteroatoms. The van der Waals surface area contributed by atoms with Crippen molar-refractivity contribution in [3.05, 3.63) is 59.6 Å². The fourth-order valence-corrected chi connectivity index (χ4v) is 2.03. The van der Waals surface area contributed by atoms with Gasteiger partial charge in [0.2, 0.25) is 0 Å². The molecule has 1 N–H and O–H groups in total. The Bertz CT molecular complexity index is 734. The molecule has 0 fully saturated rings. The highest BCUT2D eigenvalue weighted by molar-refractivity contribution is 5.67. The average molecular weight is 254 g/mol. The Morgan fingerprint density at radius 3 is 2.84 bits per heavy atom. The molecule has 3 rings (SSSR count). The summed E-state index contributed by atoms with van der Waals surface area (Å²) in [5.41, 5.74) is 3.72. The van der Waals surface area contributed by atoms with Gasteiger partial charge < -0.3 is 14.8 Å². The van der Waals surface area contributed by atoms with E-state index in [1.807, 2.05) is 41.9 Å². The number of pyridine rings is 1. The lowest BCUT2D eigenvalue weighted by molar-refractivity contribution is 0.296. The minimum atomic E-state index is -0.149. The van der Waals surface area contributed by atoms with Crippen LogP contribution in [0.5, 0.6) is 0 Å². The van der Waals surface area contributed by atoms with E-state index in [2.05, 4.69) is 4.98 Å². The molecule has 0 spiro atoms. The SMILES string of the molecule is Cc1ccc2nc(-c3cccc(N([O-])O)c3)cn2c1. The van der Waals surface area contributed by atoms with Gasteiger partial charge in [-0.3, -0.25) is 5.21 Å². The van der Waals surface area contributed by atoms with Gasteiger partial charge in [-0.05, 0) is 30.7 Å². The lowest BCUT2D eigenvalue weighted by Crippen LogP contribution is -2.06. The van der Waals surface area contributed by atoms with E-state index in [0.717, 1.165) is 22.5 Å². The number of aromatic nitrogens is 2. The van der Waals surface area contributed by atoms with Crippen molar-refractivity contribution in [3.8, 4) is 11.3 Å². The fourth-order valence-electron chi connectivity index (χ4n) is 2.03. The van der Waals surface area contributed by atoms with Crippen molar-refractivity contribution in [2.45, 2.75) is 6.92 Å². The maximum absolute atomic E-state index is 10.9. The van der Waals surface area contributed by atoms with Crippen molar-refractivity contribution in [1.82, 2.24) is 9.38 Å². The van der Waals surface area contributed by atoms with Gasteiger partial charge in [-0.15, -0.1) is 0 Å². The minimum absolute atomic E-state index is 0.149. The highest BCUT2D eigenvalue weighted by atomic mass is 16.8. The van der Waals surface area contributed by atoms with E-state index in [4.69, 9.17) is 5.21 Å². The van der Waals surface area contributed by atoms with Gasteiger partial charge in [-0.2, -0.15) is 0 Å². The van der Waals surface area contributed by atoms with E-state index in [9.17, 15) is 5.21 Å². The molecule has 5 nitrogen and oxygen atoms in total. The number of hydrogen-bond acceptors (Lipinski definition) is 4. The summed E-state index contributed by atoms with van der Waals surface area (Å²) < 4.78 is 1.94. The molecule has 0 radical (unpaired) electrons. The zero-order valence-corrected chi connectivity index (χ0v) is 10.3. The second-order valence-electron chi connectivity index (χ2n) is 4.42. The molecule has 1 aromatic carbocycles. The first kappa shape index (κ1) is 11.7. The summed E-state index contributed by atoms with van der Waals surface area (Å²) in [4.78, 5) is 4.49. The quantitative estimate of drug-likeness (QED) is 0.714. The molecule has 2 heterocycles. The van der Waals surface area contributed by atoms with Crippen molar-refractivity contribution in [2.24, 2.45) is 0 Å². The topological polar surface area (TPSA) is 63.8 Å². The summed E-state index contributed by atoms with van der Waals surface area (Å²) >= 11 is 0. The van der Waals surface area contributed by atoms with E-state index in [1.54, 1.807) is 12.1 Å². The van der Waals surface area contributed by atoms with Crippen molar-refractivity contribution >= 4 is 11.3 Å². The maximum Gasteiger partial charge on any atom is 0.137 e. The largest absolute Gasteiger partial charge is 0.733 e. The molecule has 3 aromatic rings. The Labute approximate surface area is 109 Å². The Kier molecular flexibility index (Phi) is 2.70. The number of rotatable bonds is 2. The van der Waals surface area contributed by atoms with Gasteiger partial charge in [0.25, 0.3) is 0 Å². The van der Waals surface area contributed by atoms with Crippen LogP contribution in [0.1, 0.15) is 5.56 Å². The van der Waals surface area contributed by atoms with Gasteiger partial charge in [-0.1, -0.05) is 18.2 Å². The lowest BCUT2D eigenvalue weighted by atomic mass is 10.1. The summed E-state index contributed by atoms with van der Waals surface area (Å²) in [6.07, 6.45) is 3.88. The van der Waals surface area contributed by atoms with E-state index < -0.39 is 0 Å². The van der Waals surface area contributed by atoms with E-state index in [0.29, 0.717) is 0 Å². The third kappa shape index (κ3) is 2.16. The monoisotopic (exact) mass is 254 g/mol. The number of aryl methyl sites for hydroxylation is 1. The molecular formula is C14H12N3O2-. The van der Waals surface area contributed by atoms with Crippen LogP contribution in [0.4, 0.5) is 5.69 Å². The maximum atomic E-state index is 10.9. The molecule has 0 unspecified atom stereocenters. The number of imidazole rings is 1. The summed E-state index contributed by atoms with van der Waals surface area (Å²) in [7, 11) is 0. The van der Waals surface area contributed by atoms with Gasteiger partial charge in [0.15, 0.2) is 0 Å². The van der Waals surface area contributed by atoms with Crippen LogP contribution in [0.3, 0.4) is 0 Å². The second-order valence-corrected chi connectivity index (χ2v) is 4.42. The Morgan fingerprint density at radius 2 is 2.05 bits per heavy atom. The molecule has 0 amide bonds. The Morgan fingerprint density at radius 1 is 1.21 bits per heavy atom. The van der Waals surface area contributed by atoms with Gasteiger partial charge in [-0.25, -0.2) is 4.98 Å². The molecule has 2 aromatic heterocycles. The highest BCUT2D eigenvalue weighted by Crippen LogP contribution is 2.23. The predicted octanol–water partition coefficient (Wildman–Crippen LogP) is 3.00. The molecule has 0 saturated heterocycles. The molecular weight excluding hydrogens is 242 g/mol. The molecule has 0 bridgehead atoms. The number of hydrogen-bond donors (Lipinski definition) is 1. The van der Waals surface area contributed by atoms with Crippen molar-refractivity contribution in [3.63, 3.8) is 0 Å². The van der Waals surface area contributed by atoms with Crippen LogP contribution < -0.4 is 5.23 Å². The number of benzene rings is 1. The van der Waals surface area contributed by atoms with Crippen molar-refractivity contribution in [1.29, 1.82) is 0 Å². The highest BCUT2D eigenvalue weighted by Gasteiger charge is 2.05. The van der Waals surface area contributed by atoms with Crippen LogP contribution in [-0.4, -0.2) is 14.6 Å². The van der Waals surface area contributed by atoms with Crippen LogP contribution in [0.15, 0.2) is 48.8 Å². The lowest BCUT2D eigenvalue weighted by Gasteiger charge is -2.21. The van der Waals surface area contributed by atoms with Gasteiger partial charge in [0.1, 0.15) is 5.65 Å². The predicted molar refractivity (Wildman–Crippen MR) is 73.0 cm³/mol. The van der Waals surface area contributed by atoms with Crippen molar-refractivity contribution in [2.75, 3.05) is 5.23 Å². The number of fused-ring (bicyclic) bond motifs is 1. The van der Waals surface area contributed by atoms with Crippen LogP contribution in [0.25, 0.3) is 16.9 Å². The molecule has 0 atom stereocenters. The molecule has 0 aliphatic heterocycles. The summed E-state index contributed by atoms with van der Waals surface area (Å²) in [5.74, 6) is 0. The molecule has 19 heavy (non-hydrogen) atoms. The summed E-state index contributed by atoms with van der Waals surface area (Å²) in [6, 6.07) is 10.6. The van der Waals surface area contributed by atoms with E-state index in [1.165, 1.54) is 6.07 Å². The van der Waals surface area contributed by atoms with Crippen LogP contribution >= 0.6 is 0 Å². The third-order valence-electron chi connectivity index (χ3n) is 2.96. The molecule has 0 saturated carbocycles. The zero-order valence-electron chi connectivity index (χ0n) is 10.3. The minimum Gasteiger partial charge on any atom is -0.733 e. The molecule has 0 aliphatic rings. The standard InChI is InChI=1S/C14H12N3O2/c1-10-5-6-14-15-13(9-16(14)8-10)11-3-2-4-12(7-11)17(18)19/h2-9,18H,1H3/q-1. The van der Waals surface area contributed by atoms with E-state index in [-0.39, 0.29) is 10.9 Å². The first-order chi connectivity index (χ1) is 9.13. The van der Waals surface area contributed by atoms with Crippen LogP contribution in [-0.2, 0) is 0 Å². The Balaban J connectivity index is 2.11. The average Bonchev–Trinajstić information content (AvgIpc) is 2.81. The third-order valence-corrected chi connectivity index (χ3v) is 2.96. The fraction of sp³-hybridized carbons (Fsp3) is 0.0714. The van der Waals surface area contributed by atoms with Crippen LogP contribution in [0.2, 0.25) is 0 Å². The summed E-state index contributed by atoms with van der Waals surface area (Å²) in [5, 5.41) is 19.7. The molecule has 96 valence electrons. The van der Waals surface area contributed by atoms with Gasteiger partial charge in [0.05, 0.1) is 11.4 Å². The first-order valence-electron chi connectivity index (χ1n) is 5.85. The normalized spacial score (nSPS) is 10.9.